The Morgan fingerprint density at radius 3 is 3.00 bits per heavy atom. The highest BCUT2D eigenvalue weighted by atomic mass is 35.5. The Morgan fingerprint density at radius 2 is 2.38 bits per heavy atom. The molecule has 1 amide bonds. The molecule has 1 N–H and O–H groups in total. The average molecular weight is 249 g/mol. The Bertz CT molecular complexity index is 224. The topological polar surface area (TPSA) is 41.6 Å². The smallest absolute Gasteiger partial charge is 0.235 e. The highest BCUT2D eigenvalue weighted by molar-refractivity contribution is 6.27. The number of nitrogens with zero attached hydrogens (tertiary/aromatic N) is 1. The Labute approximate surface area is 102 Å². The monoisotopic (exact) mass is 248 g/mol. The van der Waals surface area contributed by atoms with Gasteiger partial charge in [0.1, 0.15) is 5.88 Å². The molecule has 4 nitrogen and oxygen atoms in total. The second kappa shape index (κ2) is 7.09. The average Bonchev–Trinajstić information content (AvgIpc) is 2.25. The van der Waals surface area contributed by atoms with E-state index in [9.17, 15) is 4.79 Å². The highest BCUT2D eigenvalue weighted by Gasteiger charge is 2.21. The van der Waals surface area contributed by atoms with E-state index in [1.807, 2.05) is 0 Å². The van der Waals surface area contributed by atoms with Crippen molar-refractivity contribution in [1.82, 2.24) is 10.2 Å². The van der Waals surface area contributed by atoms with Crippen molar-refractivity contribution in [3.05, 3.63) is 0 Å². The number of carbonyl (C=O) groups excluding carboxylic acids is 1. The van der Waals surface area contributed by atoms with Crippen molar-refractivity contribution in [2.75, 3.05) is 38.7 Å². The number of nitrogens with one attached hydrogen (secondary N) is 1. The molecule has 0 aliphatic carbocycles. The highest BCUT2D eigenvalue weighted by Crippen LogP contribution is 2.07. The number of amides is 1. The van der Waals surface area contributed by atoms with Crippen LogP contribution < -0.4 is 5.32 Å². The van der Waals surface area contributed by atoms with Crippen LogP contribution in [0.4, 0.5) is 0 Å². The lowest BCUT2D eigenvalue weighted by Gasteiger charge is -2.33. The van der Waals surface area contributed by atoms with Crippen LogP contribution in [-0.2, 0) is 9.53 Å². The Hall–Kier alpha value is -0.320. The Balaban J connectivity index is 2.24. The van der Waals surface area contributed by atoms with E-state index in [1.165, 1.54) is 0 Å². The summed E-state index contributed by atoms with van der Waals surface area (Å²) in [6.07, 6.45) is 0.0969. The van der Waals surface area contributed by atoms with Crippen molar-refractivity contribution in [3.63, 3.8) is 0 Å². The number of hydrogen-bond acceptors (Lipinski definition) is 3. The number of rotatable bonds is 5. The molecule has 16 heavy (non-hydrogen) atoms. The van der Waals surface area contributed by atoms with Crippen molar-refractivity contribution in [3.8, 4) is 0 Å². The van der Waals surface area contributed by atoms with E-state index < -0.39 is 0 Å². The molecule has 0 radical (unpaired) electrons. The third-order valence-corrected chi connectivity index (χ3v) is 2.74. The van der Waals surface area contributed by atoms with Gasteiger partial charge in [-0.2, -0.15) is 0 Å². The first-order valence-electron chi connectivity index (χ1n) is 5.78. The summed E-state index contributed by atoms with van der Waals surface area (Å²) in [7, 11) is 0. The minimum atomic E-state index is -0.133. The largest absolute Gasteiger partial charge is 0.374 e. The van der Waals surface area contributed by atoms with Crippen molar-refractivity contribution in [1.29, 1.82) is 0 Å². The van der Waals surface area contributed by atoms with Gasteiger partial charge in [-0.05, 0) is 5.92 Å². The third kappa shape index (κ3) is 5.14. The second-order valence-corrected chi connectivity index (χ2v) is 4.85. The molecule has 0 aromatic heterocycles. The fraction of sp³-hybridized carbons (Fsp3) is 0.909. The molecule has 0 aromatic rings. The van der Waals surface area contributed by atoms with Crippen LogP contribution >= 0.6 is 11.6 Å². The quantitative estimate of drug-likeness (QED) is 0.729. The summed E-state index contributed by atoms with van der Waals surface area (Å²) in [4.78, 5) is 13.4. The lowest BCUT2D eigenvalue weighted by molar-refractivity contribution is -0.119. The number of hydrogen-bond donors (Lipinski definition) is 1. The standard InChI is InChI=1S/C11H21ClN2O2/c1-9(2)7-14-3-4-16-10(8-14)6-13-11(15)5-12/h9-10H,3-8H2,1-2H3,(H,13,15)/t10-/m0/s1. The molecule has 0 bridgehead atoms. The van der Waals surface area contributed by atoms with Gasteiger partial charge >= 0.3 is 0 Å². The zero-order chi connectivity index (χ0) is 12.0. The molecule has 1 saturated heterocycles. The van der Waals surface area contributed by atoms with Crippen LogP contribution in [0.3, 0.4) is 0 Å². The number of halogens is 1. The molecule has 0 spiro atoms. The van der Waals surface area contributed by atoms with Gasteiger partial charge in [-0.25, -0.2) is 0 Å². The third-order valence-electron chi connectivity index (χ3n) is 2.49. The van der Waals surface area contributed by atoms with Crippen molar-refractivity contribution >= 4 is 17.5 Å². The maximum absolute atomic E-state index is 11.0. The fourth-order valence-electron chi connectivity index (χ4n) is 1.86. The van der Waals surface area contributed by atoms with Crippen LogP contribution in [0.15, 0.2) is 0 Å². The van der Waals surface area contributed by atoms with E-state index >= 15 is 0 Å². The van der Waals surface area contributed by atoms with E-state index in [0.29, 0.717) is 12.5 Å². The predicted octanol–water partition coefficient (Wildman–Crippen LogP) is 0.698. The molecule has 1 atom stereocenters. The van der Waals surface area contributed by atoms with Crippen molar-refractivity contribution in [2.45, 2.75) is 20.0 Å². The van der Waals surface area contributed by atoms with Gasteiger partial charge in [-0.1, -0.05) is 13.8 Å². The Morgan fingerprint density at radius 1 is 1.62 bits per heavy atom. The lowest BCUT2D eigenvalue weighted by Crippen LogP contribution is -2.48. The first-order chi connectivity index (χ1) is 7.61. The summed E-state index contributed by atoms with van der Waals surface area (Å²) in [6, 6.07) is 0. The van der Waals surface area contributed by atoms with Gasteiger partial charge in [-0.3, -0.25) is 9.69 Å². The lowest BCUT2D eigenvalue weighted by atomic mass is 10.2. The molecule has 1 fully saturated rings. The molecule has 1 rings (SSSR count). The molecule has 0 saturated carbocycles. The van der Waals surface area contributed by atoms with E-state index in [4.69, 9.17) is 16.3 Å². The van der Waals surface area contributed by atoms with Crippen LogP contribution in [0.5, 0.6) is 0 Å². The zero-order valence-corrected chi connectivity index (χ0v) is 10.8. The van der Waals surface area contributed by atoms with Gasteiger partial charge in [0, 0.05) is 26.2 Å². The van der Waals surface area contributed by atoms with Gasteiger partial charge in [0.2, 0.25) is 5.91 Å². The molecule has 1 aliphatic heterocycles. The van der Waals surface area contributed by atoms with Crippen LogP contribution in [-0.4, -0.2) is 55.6 Å². The zero-order valence-electron chi connectivity index (χ0n) is 10.0. The number of morpholine rings is 1. The summed E-state index contributed by atoms with van der Waals surface area (Å²) in [6.45, 7) is 8.68. The summed E-state index contributed by atoms with van der Waals surface area (Å²) < 4.78 is 5.59. The maximum Gasteiger partial charge on any atom is 0.235 e. The predicted molar refractivity (Wildman–Crippen MR) is 64.7 cm³/mol. The van der Waals surface area contributed by atoms with Crippen molar-refractivity contribution in [2.24, 2.45) is 5.92 Å². The number of alkyl halides is 1. The molecule has 1 aliphatic rings. The van der Waals surface area contributed by atoms with E-state index in [0.717, 1.165) is 26.2 Å². The number of carbonyl (C=O) groups is 1. The van der Waals surface area contributed by atoms with Gasteiger partial charge < -0.3 is 10.1 Å². The number of ether oxygens (including phenoxy) is 1. The minimum absolute atomic E-state index is 0.0163. The van der Waals surface area contributed by atoms with Gasteiger partial charge in [0.05, 0.1) is 12.7 Å². The first-order valence-corrected chi connectivity index (χ1v) is 6.32. The summed E-state index contributed by atoms with van der Waals surface area (Å²) in [5.74, 6) is 0.546. The molecule has 94 valence electrons. The first kappa shape index (κ1) is 13.7. The second-order valence-electron chi connectivity index (χ2n) is 4.58. The van der Waals surface area contributed by atoms with Gasteiger partial charge in [0.25, 0.3) is 0 Å². The van der Waals surface area contributed by atoms with Crippen LogP contribution in [0.1, 0.15) is 13.8 Å². The van der Waals surface area contributed by atoms with Crippen molar-refractivity contribution < 1.29 is 9.53 Å². The molecular formula is C11H21ClN2O2. The minimum Gasteiger partial charge on any atom is -0.374 e. The Kier molecular flexibility index (Phi) is 6.09. The van der Waals surface area contributed by atoms with Crippen LogP contribution in [0.25, 0.3) is 0 Å². The molecule has 0 aromatic carbocycles. The van der Waals surface area contributed by atoms with Crippen LogP contribution in [0, 0.1) is 5.92 Å². The normalized spacial score (nSPS) is 22.4. The maximum atomic E-state index is 11.0. The SMILES string of the molecule is CC(C)CN1CCO[C@@H](CNC(=O)CCl)C1. The summed E-state index contributed by atoms with van der Waals surface area (Å²) >= 11 is 5.40. The fourth-order valence-corrected chi connectivity index (χ4v) is 1.96. The van der Waals surface area contributed by atoms with Gasteiger partial charge in [-0.15, -0.1) is 11.6 Å². The molecule has 5 heteroatoms. The van der Waals surface area contributed by atoms with Gasteiger partial charge in [0.15, 0.2) is 0 Å². The molecule has 0 unspecified atom stereocenters. The van der Waals surface area contributed by atoms with E-state index in [2.05, 4.69) is 24.1 Å². The van der Waals surface area contributed by atoms with E-state index in [-0.39, 0.29) is 17.9 Å². The molecular weight excluding hydrogens is 228 g/mol. The molecule has 1 heterocycles. The van der Waals surface area contributed by atoms with E-state index in [1.54, 1.807) is 0 Å². The summed E-state index contributed by atoms with van der Waals surface area (Å²) in [5, 5.41) is 2.75. The summed E-state index contributed by atoms with van der Waals surface area (Å²) in [5.41, 5.74) is 0. The van der Waals surface area contributed by atoms with Crippen LogP contribution in [0.2, 0.25) is 0 Å².